The number of amides is 2. The number of aryl methyl sites for hydroxylation is 1. The highest BCUT2D eigenvalue weighted by Gasteiger charge is 2.30. The highest BCUT2D eigenvalue weighted by molar-refractivity contribution is 7.17. The summed E-state index contributed by atoms with van der Waals surface area (Å²) in [6, 6.07) is 15.7. The summed E-state index contributed by atoms with van der Waals surface area (Å²) in [7, 11) is 3.27. The summed E-state index contributed by atoms with van der Waals surface area (Å²) in [5, 5.41) is 5.92. The lowest BCUT2D eigenvalue weighted by Gasteiger charge is -2.16. The molecular formula is C31H32N4O6S. The number of carbonyl (C=O) groups excluding carboxylic acids is 3. The molecule has 2 N–H and O–H groups in total. The summed E-state index contributed by atoms with van der Waals surface area (Å²) < 4.78 is 13.9. The number of fused-ring (bicyclic) bond motifs is 1. The monoisotopic (exact) mass is 588 g/mol. The van der Waals surface area contributed by atoms with E-state index in [0.29, 0.717) is 34.1 Å². The second kappa shape index (κ2) is 12.1. The lowest BCUT2D eigenvalue weighted by atomic mass is 9.95. The Hall–Kier alpha value is -4.64. The van der Waals surface area contributed by atoms with Gasteiger partial charge in [0.25, 0.3) is 17.4 Å². The summed E-state index contributed by atoms with van der Waals surface area (Å²) >= 11 is 1.36. The van der Waals surface area contributed by atoms with Gasteiger partial charge in [0.05, 0.1) is 24.1 Å². The first-order chi connectivity index (χ1) is 20.2. The molecule has 1 atom stereocenters. The zero-order chi connectivity index (χ0) is 30.0. The number of rotatable bonds is 8. The Kier molecular flexibility index (Phi) is 8.30. The summed E-state index contributed by atoms with van der Waals surface area (Å²) in [4.78, 5) is 53.9. The van der Waals surface area contributed by atoms with Gasteiger partial charge >= 0.3 is 5.97 Å². The standard InChI is InChI=1S/C31H32N4O6S/c1-18-26(30(38)35(34(18)3)21-10-6-5-7-11-21)32-27(36)19(2)41-31(39)25-23-12-8-9-13-24(23)42-29(25)33-28(37)20-14-16-22(40-4)17-15-20/h5-7,10-11,14-17,19H,8-9,12-13H2,1-4H3,(H,32,36)(H,33,37)/t19-/m0/s1. The van der Waals surface area contributed by atoms with Crippen molar-refractivity contribution in [1.29, 1.82) is 0 Å². The van der Waals surface area contributed by atoms with Crippen LogP contribution in [0.1, 0.15) is 56.6 Å². The molecule has 11 heteroatoms. The molecule has 0 bridgehead atoms. The maximum atomic E-state index is 13.5. The SMILES string of the molecule is COc1ccc(C(=O)Nc2sc3c(c2C(=O)O[C@@H](C)C(=O)Nc2c(C)n(C)n(-c4ccccc4)c2=O)CCCC3)cc1. The molecule has 218 valence electrons. The Morgan fingerprint density at radius 1 is 0.976 bits per heavy atom. The zero-order valence-corrected chi connectivity index (χ0v) is 24.7. The molecular weight excluding hydrogens is 556 g/mol. The normalized spacial score (nSPS) is 13.1. The Labute approximate surface area is 246 Å². The van der Waals surface area contributed by atoms with Crippen molar-refractivity contribution >= 4 is 39.8 Å². The van der Waals surface area contributed by atoms with Gasteiger partial charge in [0.1, 0.15) is 16.4 Å². The van der Waals surface area contributed by atoms with E-state index in [2.05, 4.69) is 10.6 Å². The van der Waals surface area contributed by atoms with Gasteiger partial charge in [-0.05, 0) is 81.5 Å². The molecule has 2 aromatic carbocycles. The van der Waals surface area contributed by atoms with E-state index in [9.17, 15) is 19.2 Å². The molecule has 0 unspecified atom stereocenters. The van der Waals surface area contributed by atoms with Crippen molar-refractivity contribution in [1.82, 2.24) is 9.36 Å². The number of carbonyl (C=O) groups is 3. The predicted octanol–water partition coefficient (Wildman–Crippen LogP) is 4.87. The van der Waals surface area contributed by atoms with E-state index in [1.807, 2.05) is 18.2 Å². The summed E-state index contributed by atoms with van der Waals surface area (Å²) in [6.07, 6.45) is 2.18. The number of benzene rings is 2. The molecule has 1 aliphatic rings. The van der Waals surface area contributed by atoms with Gasteiger partial charge in [0.15, 0.2) is 6.10 Å². The second-order valence-corrected chi connectivity index (χ2v) is 11.2. The summed E-state index contributed by atoms with van der Waals surface area (Å²) in [6.45, 7) is 3.18. The molecule has 42 heavy (non-hydrogen) atoms. The fraction of sp³-hybridized carbons (Fsp3) is 0.290. The van der Waals surface area contributed by atoms with Gasteiger partial charge in [-0.15, -0.1) is 11.3 Å². The first kappa shape index (κ1) is 28.9. The van der Waals surface area contributed by atoms with E-state index in [-0.39, 0.29) is 17.2 Å². The van der Waals surface area contributed by atoms with Crippen molar-refractivity contribution in [2.24, 2.45) is 7.05 Å². The van der Waals surface area contributed by atoms with Crippen molar-refractivity contribution in [2.45, 2.75) is 45.6 Å². The highest BCUT2D eigenvalue weighted by atomic mass is 32.1. The van der Waals surface area contributed by atoms with Crippen LogP contribution in [0.4, 0.5) is 10.7 Å². The molecule has 0 saturated heterocycles. The van der Waals surface area contributed by atoms with Crippen molar-refractivity contribution in [3.8, 4) is 11.4 Å². The highest BCUT2D eigenvalue weighted by Crippen LogP contribution is 2.39. The van der Waals surface area contributed by atoms with Gasteiger partial charge in [0, 0.05) is 17.5 Å². The maximum Gasteiger partial charge on any atom is 0.342 e. The fourth-order valence-electron chi connectivity index (χ4n) is 5.00. The van der Waals surface area contributed by atoms with Crippen LogP contribution in [0.2, 0.25) is 0 Å². The number of nitrogens with one attached hydrogen (secondary N) is 2. The topological polar surface area (TPSA) is 121 Å². The van der Waals surface area contributed by atoms with E-state index in [1.165, 1.54) is 22.9 Å². The maximum absolute atomic E-state index is 13.5. The van der Waals surface area contributed by atoms with Crippen molar-refractivity contribution in [3.63, 3.8) is 0 Å². The fourth-order valence-corrected chi connectivity index (χ4v) is 6.27. The molecule has 2 aromatic heterocycles. The molecule has 0 saturated carbocycles. The van der Waals surface area contributed by atoms with Gasteiger partial charge in [0.2, 0.25) is 0 Å². The van der Waals surface area contributed by atoms with Crippen molar-refractivity contribution in [2.75, 3.05) is 17.7 Å². The van der Waals surface area contributed by atoms with Crippen LogP contribution in [0, 0.1) is 6.92 Å². The van der Waals surface area contributed by atoms with Crippen LogP contribution < -0.4 is 20.9 Å². The van der Waals surface area contributed by atoms with Gasteiger partial charge in [-0.2, -0.15) is 0 Å². The van der Waals surface area contributed by atoms with Crippen LogP contribution >= 0.6 is 11.3 Å². The number of hydrogen-bond acceptors (Lipinski definition) is 7. The van der Waals surface area contributed by atoms with E-state index in [1.54, 1.807) is 62.2 Å². The number of methoxy groups -OCH3 is 1. The Balaban J connectivity index is 1.35. The third-order valence-corrected chi connectivity index (χ3v) is 8.62. The first-order valence-corrected chi connectivity index (χ1v) is 14.5. The molecule has 4 aromatic rings. The first-order valence-electron chi connectivity index (χ1n) is 13.7. The number of hydrogen-bond donors (Lipinski definition) is 2. The molecule has 0 aliphatic heterocycles. The molecule has 0 radical (unpaired) electrons. The number of nitrogens with zero attached hydrogens (tertiary/aromatic N) is 2. The van der Waals surface area contributed by atoms with Crippen molar-refractivity contribution < 1.29 is 23.9 Å². The van der Waals surface area contributed by atoms with Crippen molar-refractivity contribution in [3.05, 3.63) is 92.2 Å². The molecule has 5 rings (SSSR count). The zero-order valence-electron chi connectivity index (χ0n) is 23.9. The minimum Gasteiger partial charge on any atom is -0.497 e. The van der Waals surface area contributed by atoms with Gasteiger partial charge in [-0.1, -0.05) is 18.2 Å². The molecule has 2 amide bonds. The predicted molar refractivity (Wildman–Crippen MR) is 161 cm³/mol. The third kappa shape index (κ3) is 5.60. The Bertz CT molecular complexity index is 1700. The second-order valence-electron chi connectivity index (χ2n) is 10.1. The Morgan fingerprint density at radius 3 is 2.36 bits per heavy atom. The van der Waals surface area contributed by atoms with Crippen LogP contribution in [-0.2, 0) is 29.4 Å². The molecule has 0 spiro atoms. The molecule has 0 fully saturated rings. The lowest BCUT2D eigenvalue weighted by molar-refractivity contribution is -0.123. The van der Waals surface area contributed by atoms with Crippen LogP contribution in [0.25, 0.3) is 5.69 Å². The number of ether oxygens (including phenoxy) is 2. The van der Waals surface area contributed by atoms with Crippen LogP contribution in [0.5, 0.6) is 5.75 Å². The lowest BCUT2D eigenvalue weighted by Crippen LogP contribution is -2.32. The number of esters is 1. The summed E-state index contributed by atoms with van der Waals surface area (Å²) in [5.41, 5.74) is 2.44. The average Bonchev–Trinajstić information content (AvgIpc) is 3.46. The number of aromatic nitrogens is 2. The van der Waals surface area contributed by atoms with E-state index < -0.39 is 23.5 Å². The molecule has 10 nitrogen and oxygen atoms in total. The Morgan fingerprint density at radius 2 is 1.67 bits per heavy atom. The van der Waals surface area contributed by atoms with E-state index in [0.717, 1.165) is 29.7 Å². The van der Waals surface area contributed by atoms with Crippen LogP contribution in [-0.4, -0.2) is 40.4 Å². The van der Waals surface area contributed by atoms with Gasteiger partial charge in [-0.25, -0.2) is 9.48 Å². The molecule has 1 aliphatic carbocycles. The quantitative estimate of drug-likeness (QED) is 0.284. The summed E-state index contributed by atoms with van der Waals surface area (Å²) in [5.74, 6) is -1.08. The smallest absolute Gasteiger partial charge is 0.342 e. The van der Waals surface area contributed by atoms with Gasteiger partial charge in [-0.3, -0.25) is 19.1 Å². The van der Waals surface area contributed by atoms with E-state index >= 15 is 0 Å². The van der Waals surface area contributed by atoms with E-state index in [4.69, 9.17) is 9.47 Å². The number of thiophene rings is 1. The minimum atomic E-state index is -1.20. The van der Waals surface area contributed by atoms with Crippen LogP contribution in [0.15, 0.2) is 59.4 Å². The average molecular weight is 589 g/mol. The number of para-hydroxylation sites is 1. The molecule has 2 heterocycles. The van der Waals surface area contributed by atoms with Crippen LogP contribution in [0.3, 0.4) is 0 Å². The number of anilines is 2. The largest absolute Gasteiger partial charge is 0.497 e. The minimum absolute atomic E-state index is 0.106. The third-order valence-electron chi connectivity index (χ3n) is 7.41. The van der Waals surface area contributed by atoms with Gasteiger partial charge < -0.3 is 20.1 Å².